The molecule has 0 fully saturated rings. The van der Waals surface area contributed by atoms with Crippen LogP contribution in [0, 0.1) is 0 Å². The van der Waals surface area contributed by atoms with Crippen molar-refractivity contribution in [2.24, 2.45) is 0 Å². The Morgan fingerprint density at radius 2 is 2.07 bits per heavy atom. The number of amides is 1. The van der Waals surface area contributed by atoms with Gasteiger partial charge in [-0.2, -0.15) is 0 Å². The number of carbonyl (C=O) groups is 2. The van der Waals surface area contributed by atoms with Gasteiger partial charge in [0, 0.05) is 12.1 Å². The van der Waals surface area contributed by atoms with Gasteiger partial charge in [-0.25, -0.2) is 0 Å². The van der Waals surface area contributed by atoms with Crippen molar-refractivity contribution < 1.29 is 14.3 Å². The van der Waals surface area contributed by atoms with Gasteiger partial charge in [-0.3, -0.25) is 9.59 Å². The highest BCUT2D eigenvalue weighted by Crippen LogP contribution is 2.15. The number of aldehydes is 1. The number of hydrogen-bond acceptors (Lipinski definition) is 3. The van der Waals surface area contributed by atoms with Gasteiger partial charge in [0.1, 0.15) is 12.4 Å². The van der Waals surface area contributed by atoms with Gasteiger partial charge in [0.15, 0.2) is 6.29 Å². The van der Waals surface area contributed by atoms with Crippen molar-refractivity contribution in [3.05, 3.63) is 24.3 Å². The van der Waals surface area contributed by atoms with Crippen molar-refractivity contribution in [1.82, 2.24) is 0 Å². The first-order valence-electron chi connectivity index (χ1n) is 4.72. The highest BCUT2D eigenvalue weighted by molar-refractivity contribution is 5.90. The molecule has 0 unspecified atom stereocenters. The van der Waals surface area contributed by atoms with Crippen molar-refractivity contribution in [3.63, 3.8) is 0 Å². The topological polar surface area (TPSA) is 55.4 Å². The monoisotopic (exact) mass is 207 g/mol. The van der Waals surface area contributed by atoms with Gasteiger partial charge in [0.2, 0.25) is 5.91 Å². The van der Waals surface area contributed by atoms with Crippen LogP contribution in [0.25, 0.3) is 0 Å². The predicted molar refractivity (Wildman–Crippen MR) is 56.9 cm³/mol. The van der Waals surface area contributed by atoms with Crippen LogP contribution in [0.1, 0.15) is 13.3 Å². The molecule has 0 aliphatic carbocycles. The zero-order chi connectivity index (χ0) is 11.1. The van der Waals surface area contributed by atoms with Crippen LogP contribution >= 0.6 is 0 Å². The lowest BCUT2D eigenvalue weighted by molar-refractivity contribution is -0.116. The first-order valence-corrected chi connectivity index (χ1v) is 4.72. The molecule has 1 N–H and O–H groups in total. The molecular formula is C11H13NO3. The second-order valence-corrected chi connectivity index (χ2v) is 2.90. The Morgan fingerprint density at radius 3 is 2.60 bits per heavy atom. The summed E-state index contributed by atoms with van der Waals surface area (Å²) in [6.07, 6.45) is 1.14. The molecule has 0 heterocycles. The van der Waals surface area contributed by atoms with Gasteiger partial charge in [-0.05, 0) is 24.3 Å². The average molecular weight is 207 g/mol. The summed E-state index contributed by atoms with van der Waals surface area (Å²) in [5, 5.41) is 2.71. The Hall–Kier alpha value is -1.84. The summed E-state index contributed by atoms with van der Waals surface area (Å²) in [6, 6.07) is 6.87. The van der Waals surface area contributed by atoms with E-state index in [2.05, 4.69) is 5.32 Å². The molecule has 0 saturated heterocycles. The largest absolute Gasteiger partial charge is 0.486 e. The molecule has 80 valence electrons. The summed E-state index contributed by atoms with van der Waals surface area (Å²) in [7, 11) is 0. The van der Waals surface area contributed by atoms with Crippen molar-refractivity contribution in [1.29, 1.82) is 0 Å². The summed E-state index contributed by atoms with van der Waals surface area (Å²) >= 11 is 0. The molecule has 4 nitrogen and oxygen atoms in total. The highest BCUT2D eigenvalue weighted by Gasteiger charge is 1.98. The summed E-state index contributed by atoms with van der Waals surface area (Å²) in [5.74, 6) is 0.577. The standard InChI is InChI=1S/C11H13NO3/c1-2-11(14)12-9-3-5-10(6-4-9)15-8-7-13/h3-7H,2,8H2,1H3,(H,12,14). The van der Waals surface area contributed by atoms with E-state index in [4.69, 9.17) is 4.74 Å². The molecule has 0 aliphatic rings. The smallest absolute Gasteiger partial charge is 0.224 e. The first-order chi connectivity index (χ1) is 7.26. The molecule has 0 aliphatic heterocycles. The number of rotatable bonds is 5. The van der Waals surface area contributed by atoms with E-state index in [-0.39, 0.29) is 12.5 Å². The molecule has 0 radical (unpaired) electrons. The summed E-state index contributed by atoms with van der Waals surface area (Å²) < 4.78 is 5.06. The van der Waals surface area contributed by atoms with Crippen LogP contribution in [-0.2, 0) is 9.59 Å². The van der Waals surface area contributed by atoms with Crippen LogP contribution in [0.15, 0.2) is 24.3 Å². The summed E-state index contributed by atoms with van der Waals surface area (Å²) in [5.41, 5.74) is 0.723. The fourth-order valence-corrected chi connectivity index (χ4v) is 1.01. The number of ether oxygens (including phenoxy) is 1. The van der Waals surface area contributed by atoms with Gasteiger partial charge in [0.25, 0.3) is 0 Å². The molecule has 0 aromatic heterocycles. The molecule has 1 amide bonds. The lowest BCUT2D eigenvalue weighted by atomic mass is 10.3. The van der Waals surface area contributed by atoms with Gasteiger partial charge in [-0.1, -0.05) is 6.92 Å². The summed E-state index contributed by atoms with van der Waals surface area (Å²) in [4.78, 5) is 21.1. The van der Waals surface area contributed by atoms with Crippen LogP contribution in [0.3, 0.4) is 0 Å². The number of benzene rings is 1. The minimum absolute atomic E-state index is 0.0310. The molecular weight excluding hydrogens is 194 g/mol. The van der Waals surface area contributed by atoms with Gasteiger partial charge in [0.05, 0.1) is 0 Å². The Labute approximate surface area is 88.2 Å². The lowest BCUT2D eigenvalue weighted by Gasteiger charge is -2.05. The molecule has 0 atom stereocenters. The van der Waals surface area contributed by atoms with Crippen molar-refractivity contribution in [2.75, 3.05) is 11.9 Å². The van der Waals surface area contributed by atoms with Crippen LogP contribution in [0.5, 0.6) is 5.75 Å². The van der Waals surface area contributed by atoms with E-state index in [9.17, 15) is 9.59 Å². The Balaban J connectivity index is 2.55. The maximum absolute atomic E-state index is 11.0. The zero-order valence-corrected chi connectivity index (χ0v) is 8.53. The molecule has 1 aromatic carbocycles. The SMILES string of the molecule is CCC(=O)Nc1ccc(OCC=O)cc1. The third-order valence-electron chi connectivity index (χ3n) is 1.78. The second kappa shape index (κ2) is 5.80. The molecule has 0 saturated carbocycles. The van der Waals surface area contributed by atoms with Gasteiger partial charge in [-0.15, -0.1) is 0 Å². The lowest BCUT2D eigenvalue weighted by Crippen LogP contribution is -2.09. The first kappa shape index (κ1) is 11.2. The van der Waals surface area contributed by atoms with E-state index in [1.54, 1.807) is 31.2 Å². The molecule has 4 heteroatoms. The molecule has 1 aromatic rings. The Kier molecular flexibility index (Phi) is 4.34. The normalized spacial score (nSPS) is 9.40. The fraction of sp³-hybridized carbons (Fsp3) is 0.273. The Morgan fingerprint density at radius 1 is 1.40 bits per heavy atom. The average Bonchev–Trinajstić information content (AvgIpc) is 2.28. The third-order valence-corrected chi connectivity index (χ3v) is 1.78. The van der Waals surface area contributed by atoms with Crippen LogP contribution in [-0.4, -0.2) is 18.8 Å². The number of anilines is 1. The molecule has 0 spiro atoms. The maximum Gasteiger partial charge on any atom is 0.224 e. The minimum atomic E-state index is -0.0310. The van der Waals surface area contributed by atoms with E-state index in [0.29, 0.717) is 18.5 Å². The number of hydrogen-bond donors (Lipinski definition) is 1. The van der Waals surface area contributed by atoms with Gasteiger partial charge >= 0.3 is 0 Å². The maximum atomic E-state index is 11.0. The van der Waals surface area contributed by atoms with Crippen molar-refractivity contribution >= 4 is 17.9 Å². The predicted octanol–water partition coefficient (Wildman–Crippen LogP) is 1.61. The quantitative estimate of drug-likeness (QED) is 0.746. The molecule has 0 bridgehead atoms. The van der Waals surface area contributed by atoms with E-state index in [1.165, 1.54) is 0 Å². The second-order valence-electron chi connectivity index (χ2n) is 2.90. The van der Waals surface area contributed by atoms with Crippen molar-refractivity contribution in [3.8, 4) is 5.75 Å². The van der Waals surface area contributed by atoms with Crippen LogP contribution < -0.4 is 10.1 Å². The molecule has 15 heavy (non-hydrogen) atoms. The minimum Gasteiger partial charge on any atom is -0.486 e. The number of nitrogens with one attached hydrogen (secondary N) is 1. The highest BCUT2D eigenvalue weighted by atomic mass is 16.5. The molecule has 1 rings (SSSR count). The van der Waals surface area contributed by atoms with Crippen LogP contribution in [0.4, 0.5) is 5.69 Å². The van der Waals surface area contributed by atoms with E-state index >= 15 is 0 Å². The summed E-state index contributed by atoms with van der Waals surface area (Å²) in [6.45, 7) is 1.83. The number of carbonyl (C=O) groups excluding carboxylic acids is 2. The van der Waals surface area contributed by atoms with E-state index in [1.807, 2.05) is 0 Å². The zero-order valence-electron chi connectivity index (χ0n) is 8.53. The van der Waals surface area contributed by atoms with E-state index < -0.39 is 0 Å². The van der Waals surface area contributed by atoms with E-state index in [0.717, 1.165) is 5.69 Å². The fourth-order valence-electron chi connectivity index (χ4n) is 1.01. The van der Waals surface area contributed by atoms with Crippen molar-refractivity contribution in [2.45, 2.75) is 13.3 Å². The third kappa shape index (κ3) is 3.81. The van der Waals surface area contributed by atoms with Crippen LogP contribution in [0.2, 0.25) is 0 Å². The Bertz CT molecular complexity index is 332. The van der Waals surface area contributed by atoms with Gasteiger partial charge < -0.3 is 10.1 Å².